The Morgan fingerprint density at radius 1 is 1.41 bits per heavy atom. The van der Waals surface area contributed by atoms with Gasteiger partial charge in [-0.15, -0.1) is 0 Å². The van der Waals surface area contributed by atoms with E-state index < -0.39 is 0 Å². The van der Waals surface area contributed by atoms with Crippen LogP contribution in [0.1, 0.15) is 30.4 Å². The summed E-state index contributed by atoms with van der Waals surface area (Å²) in [5, 5.41) is 3.37. The third kappa shape index (κ3) is 3.58. The summed E-state index contributed by atoms with van der Waals surface area (Å²) in [5.41, 5.74) is 3.59. The number of hydrogen-bond donors (Lipinski definition) is 1. The average Bonchev–Trinajstić information content (AvgIpc) is 2.92. The van der Waals surface area contributed by atoms with Crippen LogP contribution in [0.25, 0.3) is 5.57 Å². The number of rotatable bonds is 5. The molecule has 0 radical (unpaired) electrons. The van der Waals surface area contributed by atoms with Gasteiger partial charge < -0.3 is 10.2 Å². The number of carbonyl (C=O) groups is 1. The molecule has 3 rings (SSSR count). The summed E-state index contributed by atoms with van der Waals surface area (Å²) >= 11 is 3.52. The van der Waals surface area contributed by atoms with Crippen LogP contribution in [0, 0.1) is 0 Å². The molecule has 1 N–H and O–H groups in total. The van der Waals surface area contributed by atoms with Crippen LogP contribution in [0.15, 0.2) is 33.9 Å². The lowest BCUT2D eigenvalue weighted by Gasteiger charge is -2.16. The van der Waals surface area contributed by atoms with Gasteiger partial charge in [0.05, 0.1) is 6.54 Å². The van der Waals surface area contributed by atoms with Gasteiger partial charge in [0.25, 0.3) is 0 Å². The van der Waals surface area contributed by atoms with E-state index >= 15 is 0 Å². The molecule has 1 aromatic rings. The van der Waals surface area contributed by atoms with E-state index in [1.165, 1.54) is 11.1 Å². The summed E-state index contributed by atoms with van der Waals surface area (Å²) in [6.45, 7) is 3.37. The van der Waals surface area contributed by atoms with Crippen LogP contribution in [0.3, 0.4) is 0 Å². The maximum Gasteiger partial charge on any atom is 0.222 e. The second-order valence-electron chi connectivity index (χ2n) is 5.66. The molecule has 2 aliphatic rings. The third-order valence-corrected chi connectivity index (χ3v) is 4.54. The van der Waals surface area contributed by atoms with E-state index in [4.69, 9.17) is 0 Å². The van der Waals surface area contributed by atoms with E-state index in [1.54, 1.807) is 0 Å². The smallest absolute Gasteiger partial charge is 0.222 e. The maximum absolute atomic E-state index is 11.5. The van der Waals surface area contributed by atoms with E-state index in [2.05, 4.69) is 44.6 Å². The highest BCUT2D eigenvalue weighted by Gasteiger charge is 2.18. The van der Waals surface area contributed by atoms with E-state index in [0.29, 0.717) is 12.5 Å². The molecule has 1 fully saturated rings. The largest absolute Gasteiger partial charge is 0.391 e. The fourth-order valence-electron chi connectivity index (χ4n) is 2.88. The number of hydrogen-bond acceptors (Lipinski definition) is 3. The van der Waals surface area contributed by atoms with Crippen molar-refractivity contribution in [3.63, 3.8) is 0 Å². The van der Waals surface area contributed by atoms with E-state index in [-0.39, 0.29) is 0 Å². The molecule has 0 saturated carbocycles. The third-order valence-electron chi connectivity index (χ3n) is 4.05. The molecule has 116 valence electrons. The quantitative estimate of drug-likeness (QED) is 0.819. The van der Waals surface area contributed by atoms with Crippen LogP contribution in [-0.2, 0) is 4.79 Å². The molecule has 1 saturated heterocycles. The SMILES string of the molecule is O=C1CCCN1CCCN/C=C1\CN=Cc2ccc(Br)cc21. The van der Waals surface area contributed by atoms with Crippen LogP contribution in [0.2, 0.25) is 0 Å². The number of nitrogens with zero attached hydrogens (tertiary/aromatic N) is 2. The van der Waals surface area contributed by atoms with E-state index in [1.807, 2.05) is 17.2 Å². The zero-order valence-electron chi connectivity index (χ0n) is 12.5. The maximum atomic E-state index is 11.5. The van der Waals surface area contributed by atoms with E-state index in [9.17, 15) is 4.79 Å². The Balaban J connectivity index is 1.52. The summed E-state index contributed by atoms with van der Waals surface area (Å²) < 4.78 is 1.08. The zero-order chi connectivity index (χ0) is 15.4. The lowest BCUT2D eigenvalue weighted by molar-refractivity contribution is -0.127. The van der Waals surface area contributed by atoms with Gasteiger partial charge in [0, 0.05) is 42.9 Å². The van der Waals surface area contributed by atoms with Crippen molar-refractivity contribution in [2.75, 3.05) is 26.2 Å². The Morgan fingerprint density at radius 3 is 3.14 bits per heavy atom. The number of carbonyl (C=O) groups excluding carboxylic acids is 1. The highest BCUT2D eigenvalue weighted by molar-refractivity contribution is 9.10. The minimum atomic E-state index is 0.304. The topological polar surface area (TPSA) is 44.7 Å². The number of fused-ring (bicyclic) bond motifs is 1. The summed E-state index contributed by atoms with van der Waals surface area (Å²) in [7, 11) is 0. The number of nitrogens with one attached hydrogen (secondary N) is 1. The van der Waals surface area contributed by atoms with Crippen molar-refractivity contribution in [1.82, 2.24) is 10.2 Å². The average molecular weight is 362 g/mol. The number of likely N-dealkylation sites (tertiary alicyclic amines) is 1. The molecule has 0 unspecified atom stereocenters. The Kier molecular flexibility index (Phi) is 4.93. The predicted octanol–water partition coefficient (Wildman–Crippen LogP) is 2.82. The number of amides is 1. The van der Waals surface area contributed by atoms with Gasteiger partial charge >= 0.3 is 0 Å². The highest BCUT2D eigenvalue weighted by Crippen LogP contribution is 2.25. The summed E-state index contributed by atoms with van der Waals surface area (Å²) in [4.78, 5) is 17.9. The van der Waals surface area contributed by atoms with Crippen molar-refractivity contribution in [2.24, 2.45) is 4.99 Å². The van der Waals surface area contributed by atoms with Gasteiger partial charge in [-0.3, -0.25) is 9.79 Å². The van der Waals surface area contributed by atoms with Crippen molar-refractivity contribution in [2.45, 2.75) is 19.3 Å². The Morgan fingerprint density at radius 2 is 2.32 bits per heavy atom. The number of aliphatic imine (C=N–C) groups is 1. The van der Waals surface area contributed by atoms with Crippen molar-refractivity contribution < 1.29 is 4.79 Å². The van der Waals surface area contributed by atoms with Gasteiger partial charge in [0.2, 0.25) is 5.91 Å². The van der Waals surface area contributed by atoms with Crippen LogP contribution in [0.4, 0.5) is 0 Å². The minimum Gasteiger partial charge on any atom is -0.391 e. The second-order valence-corrected chi connectivity index (χ2v) is 6.58. The van der Waals surface area contributed by atoms with Crippen molar-refractivity contribution in [3.8, 4) is 0 Å². The standard InChI is InChI=1S/C17H20BrN3O/c18-15-5-4-13-10-20-12-14(16(13)9-15)11-19-6-2-8-21-7-1-3-17(21)22/h4-5,9-11,19H,1-3,6-8,12H2/b14-11+. The second kappa shape index (κ2) is 7.09. The first-order valence-corrected chi connectivity index (χ1v) is 8.53. The molecule has 22 heavy (non-hydrogen) atoms. The van der Waals surface area contributed by atoms with Gasteiger partial charge in [-0.05, 0) is 41.7 Å². The minimum absolute atomic E-state index is 0.304. The first-order valence-electron chi connectivity index (χ1n) is 7.74. The van der Waals surface area contributed by atoms with Crippen LogP contribution < -0.4 is 5.32 Å². The Bertz CT molecular complexity index is 624. The molecule has 2 aliphatic heterocycles. The van der Waals surface area contributed by atoms with Gasteiger partial charge in [0.15, 0.2) is 0 Å². The van der Waals surface area contributed by atoms with E-state index in [0.717, 1.165) is 48.9 Å². The number of halogens is 1. The van der Waals surface area contributed by atoms with Gasteiger partial charge in [-0.1, -0.05) is 22.0 Å². The van der Waals surface area contributed by atoms with Crippen molar-refractivity contribution in [3.05, 3.63) is 40.0 Å². The molecule has 0 spiro atoms. The molecule has 0 aromatic heterocycles. The first kappa shape index (κ1) is 15.3. The van der Waals surface area contributed by atoms with Gasteiger partial charge in [0.1, 0.15) is 0 Å². The lowest BCUT2D eigenvalue weighted by Crippen LogP contribution is -2.27. The predicted molar refractivity (Wildman–Crippen MR) is 93.0 cm³/mol. The van der Waals surface area contributed by atoms with Gasteiger partial charge in [-0.25, -0.2) is 0 Å². The summed E-state index contributed by atoms with van der Waals surface area (Å²) in [6.07, 6.45) is 6.71. The molecule has 4 nitrogen and oxygen atoms in total. The molecule has 0 aliphatic carbocycles. The summed E-state index contributed by atoms with van der Waals surface area (Å²) in [5.74, 6) is 0.304. The highest BCUT2D eigenvalue weighted by atomic mass is 79.9. The monoisotopic (exact) mass is 361 g/mol. The number of benzene rings is 1. The molecule has 0 bridgehead atoms. The van der Waals surface area contributed by atoms with Crippen molar-refractivity contribution >= 4 is 33.6 Å². The zero-order valence-corrected chi connectivity index (χ0v) is 14.1. The first-order chi connectivity index (χ1) is 10.7. The molecular formula is C17H20BrN3O. The van der Waals surface area contributed by atoms with Crippen molar-refractivity contribution in [1.29, 1.82) is 0 Å². The Hall–Kier alpha value is -1.62. The van der Waals surface area contributed by atoms with Crippen LogP contribution >= 0.6 is 15.9 Å². The van der Waals surface area contributed by atoms with Crippen LogP contribution in [-0.4, -0.2) is 43.2 Å². The molecule has 0 atom stereocenters. The van der Waals surface area contributed by atoms with Crippen LogP contribution in [0.5, 0.6) is 0 Å². The molecule has 1 aromatic carbocycles. The molecular weight excluding hydrogens is 342 g/mol. The van der Waals surface area contributed by atoms with Gasteiger partial charge in [-0.2, -0.15) is 0 Å². The molecule has 2 heterocycles. The lowest BCUT2D eigenvalue weighted by atomic mass is 9.99. The molecule has 5 heteroatoms. The fraction of sp³-hybridized carbons (Fsp3) is 0.412. The Labute approximate surface area is 139 Å². The fourth-order valence-corrected chi connectivity index (χ4v) is 3.24. The summed E-state index contributed by atoms with van der Waals surface area (Å²) in [6, 6.07) is 6.25. The normalized spacial score (nSPS) is 18.9. The molecule has 1 amide bonds.